The van der Waals surface area contributed by atoms with Crippen LogP contribution in [0, 0.1) is 5.41 Å². The van der Waals surface area contributed by atoms with Crippen molar-refractivity contribution >= 4 is 27.5 Å². The third kappa shape index (κ3) is 5.70. The summed E-state index contributed by atoms with van der Waals surface area (Å²) in [6.45, 7) is 7.00. The Balaban J connectivity index is 2.43. The average Bonchev–Trinajstić information content (AvgIpc) is 2.31. The smallest absolute Gasteiger partial charge is 0.0467 e. The molecule has 0 saturated heterocycles. The third-order valence-corrected chi connectivity index (χ3v) is 3.77. The molecule has 0 aliphatic rings. The molecule has 0 aliphatic heterocycles. The van der Waals surface area contributed by atoms with E-state index >= 15 is 0 Å². The Labute approximate surface area is 123 Å². The zero-order chi connectivity index (χ0) is 13.6. The molecule has 0 aromatic heterocycles. The Morgan fingerprint density at radius 1 is 1.39 bits per heavy atom. The van der Waals surface area contributed by atoms with E-state index in [0.29, 0.717) is 0 Å². The number of benzene rings is 1. The highest BCUT2D eigenvalue weighted by Gasteiger charge is 2.16. The first kappa shape index (κ1) is 16.0. The minimum atomic E-state index is 0.231. The number of hydrogen-bond acceptors (Lipinski definition) is 2. The van der Waals surface area contributed by atoms with Gasteiger partial charge in [-0.3, -0.25) is 0 Å². The van der Waals surface area contributed by atoms with Crippen LogP contribution in [0.3, 0.4) is 0 Å². The van der Waals surface area contributed by atoms with E-state index in [4.69, 9.17) is 16.3 Å². The van der Waals surface area contributed by atoms with Crippen molar-refractivity contribution in [2.24, 2.45) is 5.41 Å². The van der Waals surface area contributed by atoms with Gasteiger partial charge in [-0.25, -0.2) is 0 Å². The van der Waals surface area contributed by atoms with Gasteiger partial charge >= 0.3 is 0 Å². The minimum Gasteiger partial charge on any atom is -0.385 e. The van der Waals surface area contributed by atoms with Crippen LogP contribution in [0.1, 0.15) is 25.8 Å². The molecule has 4 heteroatoms. The summed E-state index contributed by atoms with van der Waals surface area (Å²) < 4.78 is 6.18. The second kappa shape index (κ2) is 7.49. The molecule has 0 radical (unpaired) electrons. The molecule has 18 heavy (non-hydrogen) atoms. The van der Waals surface area contributed by atoms with E-state index < -0.39 is 0 Å². The van der Waals surface area contributed by atoms with Crippen molar-refractivity contribution in [1.29, 1.82) is 0 Å². The maximum absolute atomic E-state index is 6.15. The molecule has 0 saturated carbocycles. The standard InChI is InChI=1S/C14H21BrClNO/c1-14(2,6-7-18-3)10-17-9-11-8-12(15)4-5-13(11)16/h4-5,8,17H,6-7,9-10H2,1-3H3. The Kier molecular flexibility index (Phi) is 6.64. The molecule has 0 amide bonds. The molecular formula is C14H21BrClNO. The summed E-state index contributed by atoms with van der Waals surface area (Å²) in [7, 11) is 1.74. The van der Waals surface area contributed by atoms with Crippen molar-refractivity contribution in [1.82, 2.24) is 5.32 Å². The van der Waals surface area contributed by atoms with Gasteiger partial charge in [0.05, 0.1) is 0 Å². The van der Waals surface area contributed by atoms with Crippen molar-refractivity contribution in [2.75, 3.05) is 20.3 Å². The average molecular weight is 335 g/mol. The number of nitrogens with one attached hydrogen (secondary N) is 1. The van der Waals surface area contributed by atoms with Crippen LogP contribution in [-0.4, -0.2) is 20.3 Å². The number of hydrogen-bond donors (Lipinski definition) is 1. The van der Waals surface area contributed by atoms with Gasteiger partial charge in [-0.2, -0.15) is 0 Å². The van der Waals surface area contributed by atoms with E-state index in [0.717, 1.165) is 41.2 Å². The van der Waals surface area contributed by atoms with Gasteiger partial charge in [-0.05, 0) is 35.6 Å². The predicted molar refractivity (Wildman–Crippen MR) is 81.1 cm³/mol. The molecule has 102 valence electrons. The molecular weight excluding hydrogens is 314 g/mol. The zero-order valence-electron chi connectivity index (χ0n) is 11.2. The largest absolute Gasteiger partial charge is 0.385 e. The van der Waals surface area contributed by atoms with Gasteiger partial charge in [0.15, 0.2) is 0 Å². The van der Waals surface area contributed by atoms with Crippen LogP contribution >= 0.6 is 27.5 Å². The quantitative estimate of drug-likeness (QED) is 0.804. The first-order valence-electron chi connectivity index (χ1n) is 6.08. The molecule has 2 nitrogen and oxygen atoms in total. The van der Waals surface area contributed by atoms with Gasteiger partial charge in [-0.1, -0.05) is 41.4 Å². The lowest BCUT2D eigenvalue weighted by atomic mass is 9.89. The van der Waals surface area contributed by atoms with Gasteiger partial charge in [0.25, 0.3) is 0 Å². The lowest BCUT2D eigenvalue weighted by molar-refractivity contribution is 0.150. The summed E-state index contributed by atoms with van der Waals surface area (Å²) >= 11 is 9.61. The fourth-order valence-electron chi connectivity index (χ4n) is 1.68. The molecule has 1 aromatic carbocycles. The van der Waals surface area contributed by atoms with Crippen molar-refractivity contribution in [3.05, 3.63) is 33.3 Å². The molecule has 1 rings (SSSR count). The van der Waals surface area contributed by atoms with Crippen LogP contribution in [0.2, 0.25) is 5.02 Å². The normalized spacial score (nSPS) is 11.8. The second-order valence-corrected chi connectivity index (χ2v) is 6.57. The van der Waals surface area contributed by atoms with Crippen molar-refractivity contribution in [3.8, 4) is 0 Å². The Hall–Kier alpha value is -0.0900. The van der Waals surface area contributed by atoms with Crippen LogP contribution in [0.15, 0.2) is 22.7 Å². The highest BCUT2D eigenvalue weighted by molar-refractivity contribution is 9.10. The van der Waals surface area contributed by atoms with Gasteiger partial charge in [-0.15, -0.1) is 0 Å². The fourth-order valence-corrected chi connectivity index (χ4v) is 2.27. The first-order valence-corrected chi connectivity index (χ1v) is 7.25. The number of ether oxygens (including phenoxy) is 1. The lowest BCUT2D eigenvalue weighted by Crippen LogP contribution is -2.30. The van der Waals surface area contributed by atoms with Crippen LogP contribution in [-0.2, 0) is 11.3 Å². The highest BCUT2D eigenvalue weighted by atomic mass is 79.9. The molecule has 0 aliphatic carbocycles. The lowest BCUT2D eigenvalue weighted by Gasteiger charge is -2.24. The summed E-state index contributed by atoms with van der Waals surface area (Å²) in [6, 6.07) is 5.92. The predicted octanol–water partition coefficient (Wildman–Crippen LogP) is 4.25. The topological polar surface area (TPSA) is 21.3 Å². The Morgan fingerprint density at radius 3 is 2.78 bits per heavy atom. The highest BCUT2D eigenvalue weighted by Crippen LogP contribution is 2.22. The van der Waals surface area contributed by atoms with Crippen LogP contribution in [0.5, 0.6) is 0 Å². The summed E-state index contributed by atoms with van der Waals surface area (Å²) in [5.74, 6) is 0. The Bertz CT molecular complexity index is 382. The minimum absolute atomic E-state index is 0.231. The summed E-state index contributed by atoms with van der Waals surface area (Å²) in [6.07, 6.45) is 1.04. The molecule has 0 spiro atoms. The first-order chi connectivity index (χ1) is 8.44. The fraction of sp³-hybridized carbons (Fsp3) is 0.571. The summed E-state index contributed by atoms with van der Waals surface area (Å²) in [5.41, 5.74) is 1.35. The monoisotopic (exact) mass is 333 g/mol. The molecule has 0 atom stereocenters. The number of halogens is 2. The SMILES string of the molecule is COCCC(C)(C)CNCc1cc(Br)ccc1Cl. The van der Waals surface area contributed by atoms with Gasteiger partial charge < -0.3 is 10.1 Å². The molecule has 1 N–H and O–H groups in total. The maximum Gasteiger partial charge on any atom is 0.0467 e. The number of methoxy groups -OCH3 is 1. The third-order valence-electron chi connectivity index (χ3n) is 2.91. The van der Waals surface area contributed by atoms with E-state index in [2.05, 4.69) is 41.2 Å². The molecule has 0 unspecified atom stereocenters. The Morgan fingerprint density at radius 2 is 2.11 bits per heavy atom. The van der Waals surface area contributed by atoms with E-state index in [-0.39, 0.29) is 5.41 Å². The molecule has 0 heterocycles. The van der Waals surface area contributed by atoms with E-state index in [9.17, 15) is 0 Å². The van der Waals surface area contributed by atoms with Crippen LogP contribution < -0.4 is 5.32 Å². The van der Waals surface area contributed by atoms with Gasteiger partial charge in [0, 0.05) is 36.3 Å². The van der Waals surface area contributed by atoms with E-state index in [1.54, 1.807) is 7.11 Å². The summed E-state index contributed by atoms with van der Waals surface area (Å²) in [5, 5.41) is 4.26. The number of rotatable bonds is 7. The van der Waals surface area contributed by atoms with Gasteiger partial charge in [0.2, 0.25) is 0 Å². The molecule has 0 bridgehead atoms. The van der Waals surface area contributed by atoms with Crippen LogP contribution in [0.4, 0.5) is 0 Å². The maximum atomic E-state index is 6.15. The molecule has 1 aromatic rings. The molecule has 0 fully saturated rings. The van der Waals surface area contributed by atoms with Crippen molar-refractivity contribution in [2.45, 2.75) is 26.8 Å². The van der Waals surface area contributed by atoms with Crippen LogP contribution in [0.25, 0.3) is 0 Å². The van der Waals surface area contributed by atoms with Crippen molar-refractivity contribution in [3.63, 3.8) is 0 Å². The summed E-state index contributed by atoms with van der Waals surface area (Å²) in [4.78, 5) is 0. The van der Waals surface area contributed by atoms with Gasteiger partial charge in [0.1, 0.15) is 0 Å². The van der Waals surface area contributed by atoms with Crippen molar-refractivity contribution < 1.29 is 4.74 Å². The zero-order valence-corrected chi connectivity index (χ0v) is 13.6. The second-order valence-electron chi connectivity index (χ2n) is 5.25. The van der Waals surface area contributed by atoms with E-state index in [1.165, 1.54) is 0 Å². The van der Waals surface area contributed by atoms with E-state index in [1.807, 2.05) is 12.1 Å².